The minimum Gasteiger partial charge on any atom is -0.488 e. The first-order valence-corrected chi connectivity index (χ1v) is 14.1. The van der Waals surface area contributed by atoms with Gasteiger partial charge in [-0.05, 0) is 29.2 Å². The van der Waals surface area contributed by atoms with Crippen molar-refractivity contribution in [3.05, 3.63) is 90.2 Å². The molecule has 4 unspecified atom stereocenters. The maximum atomic E-state index is 13.4. The number of β-lactam (4-membered cyclic amide) rings is 1. The molecule has 2 aromatic rings. The summed E-state index contributed by atoms with van der Waals surface area (Å²) in [6.07, 6.45) is 3.49. The van der Waals surface area contributed by atoms with Gasteiger partial charge in [0.1, 0.15) is 31.3 Å². The molecule has 1 N–H and O–H groups in total. The Morgan fingerprint density at radius 2 is 1.81 bits per heavy atom. The molecule has 0 bridgehead atoms. The lowest BCUT2D eigenvalue weighted by Crippen LogP contribution is -2.63. The molecule has 1 amide bonds. The number of carbonyl (C=O) groups excluding carboxylic acids is 3. The number of nitrogens with zero attached hydrogens (tertiary/aromatic N) is 1. The molecule has 42 heavy (non-hydrogen) atoms. The molecule has 9 heteroatoms. The number of esters is 1. The third-order valence-corrected chi connectivity index (χ3v) is 8.40. The fourth-order valence-electron chi connectivity index (χ4n) is 6.45. The molecule has 0 aromatic heterocycles. The predicted octanol–water partition coefficient (Wildman–Crippen LogP) is 4.32. The van der Waals surface area contributed by atoms with Gasteiger partial charge in [-0.2, -0.15) is 4.89 Å². The summed E-state index contributed by atoms with van der Waals surface area (Å²) < 4.78 is 11.8. The van der Waals surface area contributed by atoms with Crippen LogP contribution in [0.2, 0.25) is 0 Å². The summed E-state index contributed by atoms with van der Waals surface area (Å²) in [6, 6.07) is 13.5. The van der Waals surface area contributed by atoms with Crippen LogP contribution in [0.15, 0.2) is 79.0 Å². The molecule has 0 saturated carbocycles. The standard InChI is InChI=1S/C33H35NO8/c1-5-16-39-33(38)30-25(19(3)29-27(31(36)34(29)30)20(4)32(37)42-41-17-6-2)18-40-26-13-9-12-24-22(14-15-35)21-10-7-8-11-23(21)28(24)26/h5-13,19-20,22,27,29,35H,1-2,14-18H2,3-4H3/t19-,20?,22?,27?,29?/m0/s1. The summed E-state index contributed by atoms with van der Waals surface area (Å²) in [6.45, 7) is 10.8. The zero-order valence-electron chi connectivity index (χ0n) is 23.8. The van der Waals surface area contributed by atoms with E-state index in [1.165, 1.54) is 17.1 Å². The van der Waals surface area contributed by atoms with Crippen LogP contribution in [0.4, 0.5) is 0 Å². The van der Waals surface area contributed by atoms with Crippen LogP contribution in [-0.2, 0) is 28.9 Å². The predicted molar refractivity (Wildman–Crippen MR) is 154 cm³/mol. The van der Waals surface area contributed by atoms with Gasteiger partial charge in [-0.3, -0.25) is 9.68 Å². The Kier molecular flexibility index (Phi) is 8.61. The van der Waals surface area contributed by atoms with Crippen molar-refractivity contribution in [2.75, 3.05) is 26.4 Å². The highest BCUT2D eigenvalue weighted by Gasteiger charge is 2.61. The maximum Gasteiger partial charge on any atom is 0.355 e. The van der Waals surface area contributed by atoms with Gasteiger partial charge in [-0.15, -0.1) is 6.58 Å². The highest BCUT2D eigenvalue weighted by Crippen LogP contribution is 2.52. The minimum atomic E-state index is -0.797. The largest absolute Gasteiger partial charge is 0.488 e. The molecule has 2 aromatic carbocycles. The van der Waals surface area contributed by atoms with Gasteiger partial charge in [0.05, 0.1) is 17.9 Å². The summed E-state index contributed by atoms with van der Waals surface area (Å²) in [7, 11) is 0. The molecule has 3 aliphatic rings. The highest BCUT2D eigenvalue weighted by atomic mass is 17.2. The lowest BCUT2D eigenvalue weighted by Gasteiger charge is -2.47. The van der Waals surface area contributed by atoms with E-state index in [4.69, 9.17) is 19.2 Å². The first kappa shape index (κ1) is 29.3. The summed E-state index contributed by atoms with van der Waals surface area (Å²) in [5, 5.41) is 9.73. The van der Waals surface area contributed by atoms with E-state index >= 15 is 0 Å². The van der Waals surface area contributed by atoms with Crippen LogP contribution in [-0.4, -0.2) is 60.3 Å². The zero-order chi connectivity index (χ0) is 30.0. The Labute approximate surface area is 244 Å². The van der Waals surface area contributed by atoms with Crippen LogP contribution in [0.5, 0.6) is 5.75 Å². The van der Waals surface area contributed by atoms with Crippen molar-refractivity contribution < 1.29 is 38.7 Å². The Balaban J connectivity index is 1.43. The second kappa shape index (κ2) is 12.3. The van der Waals surface area contributed by atoms with E-state index in [1.54, 1.807) is 6.92 Å². The summed E-state index contributed by atoms with van der Waals surface area (Å²) in [4.78, 5) is 50.4. The van der Waals surface area contributed by atoms with E-state index in [1.807, 2.05) is 43.3 Å². The van der Waals surface area contributed by atoms with Crippen molar-refractivity contribution in [3.63, 3.8) is 0 Å². The molecule has 9 nitrogen and oxygen atoms in total. The van der Waals surface area contributed by atoms with Gasteiger partial charge in [0.15, 0.2) is 0 Å². The van der Waals surface area contributed by atoms with Gasteiger partial charge in [-0.25, -0.2) is 9.59 Å². The lowest BCUT2D eigenvalue weighted by molar-refractivity contribution is -0.271. The van der Waals surface area contributed by atoms with Crippen LogP contribution in [0.1, 0.15) is 37.3 Å². The zero-order valence-corrected chi connectivity index (χ0v) is 23.8. The van der Waals surface area contributed by atoms with E-state index in [2.05, 4.69) is 19.2 Å². The molecule has 1 fully saturated rings. The van der Waals surface area contributed by atoms with Crippen molar-refractivity contribution in [1.82, 2.24) is 4.90 Å². The average molecular weight is 574 g/mol. The number of hydrogen-bond acceptors (Lipinski definition) is 8. The Bertz CT molecular complexity index is 1450. The topological polar surface area (TPSA) is 112 Å². The Morgan fingerprint density at radius 1 is 1.07 bits per heavy atom. The van der Waals surface area contributed by atoms with Crippen molar-refractivity contribution in [3.8, 4) is 16.9 Å². The van der Waals surface area contributed by atoms with E-state index in [0.717, 1.165) is 22.3 Å². The van der Waals surface area contributed by atoms with Gasteiger partial charge < -0.3 is 19.5 Å². The van der Waals surface area contributed by atoms with Crippen LogP contribution in [0.3, 0.4) is 0 Å². The van der Waals surface area contributed by atoms with Crippen molar-refractivity contribution in [1.29, 1.82) is 0 Å². The number of rotatable bonds is 13. The quantitative estimate of drug-likeness (QED) is 0.0942. The molecule has 0 radical (unpaired) electrons. The van der Waals surface area contributed by atoms with Crippen LogP contribution < -0.4 is 4.74 Å². The third-order valence-electron chi connectivity index (χ3n) is 8.40. The first-order valence-electron chi connectivity index (χ1n) is 14.1. The van der Waals surface area contributed by atoms with Gasteiger partial charge in [-0.1, -0.05) is 69.0 Å². The Morgan fingerprint density at radius 3 is 2.55 bits per heavy atom. The molecule has 5 rings (SSSR count). The van der Waals surface area contributed by atoms with Crippen LogP contribution >= 0.6 is 0 Å². The summed E-state index contributed by atoms with van der Waals surface area (Å²) in [5.74, 6) is -2.77. The second-order valence-electron chi connectivity index (χ2n) is 10.7. The van der Waals surface area contributed by atoms with Gasteiger partial charge in [0, 0.05) is 29.6 Å². The third kappa shape index (κ3) is 4.92. The van der Waals surface area contributed by atoms with Gasteiger partial charge in [0.2, 0.25) is 5.91 Å². The van der Waals surface area contributed by atoms with Crippen LogP contribution in [0, 0.1) is 17.8 Å². The highest BCUT2D eigenvalue weighted by molar-refractivity contribution is 6.02. The van der Waals surface area contributed by atoms with Gasteiger partial charge in [0.25, 0.3) is 0 Å². The fraction of sp³-hybridized carbons (Fsp3) is 0.364. The number of aliphatic hydroxyl groups excluding tert-OH is 1. The molecule has 220 valence electrons. The molecular weight excluding hydrogens is 538 g/mol. The number of hydrogen-bond donors (Lipinski definition) is 1. The molecule has 0 spiro atoms. The second-order valence-corrected chi connectivity index (χ2v) is 10.7. The van der Waals surface area contributed by atoms with Crippen molar-refractivity contribution in [2.24, 2.45) is 17.8 Å². The average Bonchev–Trinajstić information content (AvgIpc) is 3.44. The number of benzene rings is 2. The molecule has 2 heterocycles. The lowest BCUT2D eigenvalue weighted by atomic mass is 9.74. The van der Waals surface area contributed by atoms with Crippen LogP contribution in [0.25, 0.3) is 11.1 Å². The molecule has 1 aliphatic carbocycles. The van der Waals surface area contributed by atoms with Crippen molar-refractivity contribution in [2.45, 2.75) is 32.2 Å². The van der Waals surface area contributed by atoms with E-state index in [0.29, 0.717) is 17.7 Å². The van der Waals surface area contributed by atoms with Gasteiger partial charge >= 0.3 is 11.9 Å². The monoisotopic (exact) mass is 573 g/mol. The van der Waals surface area contributed by atoms with E-state index in [-0.39, 0.29) is 49.9 Å². The first-order chi connectivity index (χ1) is 20.3. The number of carbonyl (C=O) groups is 3. The summed E-state index contributed by atoms with van der Waals surface area (Å²) in [5.41, 5.74) is 4.98. The summed E-state index contributed by atoms with van der Waals surface area (Å²) >= 11 is 0. The number of ether oxygens (including phenoxy) is 2. The van der Waals surface area contributed by atoms with Crippen molar-refractivity contribution >= 4 is 17.8 Å². The molecule has 2 aliphatic heterocycles. The molecule has 1 saturated heterocycles. The smallest absolute Gasteiger partial charge is 0.355 e. The fourth-order valence-corrected chi connectivity index (χ4v) is 6.45. The SMILES string of the molecule is C=CCOOC(=O)C(C)C1C(=O)N2C(C(=O)OCC=C)=C(COc3cccc4c3-c3ccccc3C4CCO)[C@H](C)C12. The molecular formula is C33H35NO8. The maximum absolute atomic E-state index is 13.4. The van der Waals surface area contributed by atoms with E-state index < -0.39 is 29.8 Å². The van der Waals surface area contributed by atoms with E-state index in [9.17, 15) is 19.5 Å². The number of fused-ring (bicyclic) bond motifs is 4. The number of amides is 1. The number of aliphatic hydroxyl groups is 1. The normalized spacial score (nSPS) is 22.5. The minimum absolute atomic E-state index is 0.0143. The Hall–Kier alpha value is -4.21. The molecule has 5 atom stereocenters.